The van der Waals surface area contributed by atoms with Crippen LogP contribution in [0.2, 0.25) is 0 Å². The maximum absolute atomic E-state index is 13.3. The Balaban J connectivity index is 2.94. The number of benzene rings is 1. The molecule has 0 atom stereocenters. The smallest absolute Gasteiger partial charge is 0.303 e. The van der Waals surface area contributed by atoms with Crippen molar-refractivity contribution >= 4 is 5.97 Å². The van der Waals surface area contributed by atoms with Gasteiger partial charge in [0.05, 0.1) is 7.11 Å². The van der Waals surface area contributed by atoms with Gasteiger partial charge in [0.2, 0.25) is 0 Å². The van der Waals surface area contributed by atoms with Gasteiger partial charge in [0.1, 0.15) is 5.82 Å². The fourth-order valence-corrected chi connectivity index (χ4v) is 1.48. The number of carboxylic acids is 1. The van der Waals surface area contributed by atoms with Crippen molar-refractivity contribution in [3.63, 3.8) is 0 Å². The summed E-state index contributed by atoms with van der Waals surface area (Å²) in [5.41, 5.74) is -0.135. The normalized spacial score (nSPS) is 10.3. The maximum atomic E-state index is 13.3. The van der Waals surface area contributed by atoms with Crippen LogP contribution in [0.1, 0.15) is 18.4 Å². The molecule has 4 nitrogen and oxygen atoms in total. The van der Waals surface area contributed by atoms with E-state index < -0.39 is 29.1 Å². The monoisotopic (exact) mass is 246 g/mol. The van der Waals surface area contributed by atoms with Crippen LogP contribution in [0.3, 0.4) is 0 Å². The van der Waals surface area contributed by atoms with E-state index in [1.807, 2.05) is 0 Å². The standard InChI is InChI=1S/C11H12F2O4/c1-17-11-8(13)5-7(12)6(10(11)16)3-2-4-9(14)15/h5,16H,2-4H2,1H3,(H,14,15). The molecule has 1 rings (SSSR count). The molecule has 1 aromatic rings. The number of carboxylic acid groups (broad SMARTS) is 1. The van der Waals surface area contributed by atoms with Crippen LogP contribution < -0.4 is 4.74 Å². The molecule has 17 heavy (non-hydrogen) atoms. The van der Waals surface area contributed by atoms with Crippen LogP contribution in [0.25, 0.3) is 0 Å². The van der Waals surface area contributed by atoms with E-state index in [9.17, 15) is 18.7 Å². The van der Waals surface area contributed by atoms with Gasteiger partial charge in [-0.15, -0.1) is 0 Å². The Bertz CT molecular complexity index is 432. The fraction of sp³-hybridized carbons (Fsp3) is 0.364. The van der Waals surface area contributed by atoms with Crippen LogP contribution in [0, 0.1) is 11.6 Å². The van der Waals surface area contributed by atoms with Crippen LogP contribution in [-0.4, -0.2) is 23.3 Å². The molecule has 0 aliphatic heterocycles. The molecule has 2 N–H and O–H groups in total. The molecular weight excluding hydrogens is 234 g/mol. The minimum atomic E-state index is -1.01. The third kappa shape index (κ3) is 3.05. The molecule has 0 saturated carbocycles. The van der Waals surface area contributed by atoms with E-state index in [1.165, 1.54) is 0 Å². The zero-order chi connectivity index (χ0) is 13.0. The minimum absolute atomic E-state index is 0.000602. The van der Waals surface area contributed by atoms with Gasteiger partial charge in [0, 0.05) is 18.1 Å². The highest BCUT2D eigenvalue weighted by Crippen LogP contribution is 2.35. The lowest BCUT2D eigenvalue weighted by Crippen LogP contribution is -2.00. The Morgan fingerprint density at radius 1 is 1.41 bits per heavy atom. The maximum Gasteiger partial charge on any atom is 0.303 e. The summed E-state index contributed by atoms with van der Waals surface area (Å²) in [6.07, 6.45) is -0.00617. The van der Waals surface area contributed by atoms with E-state index >= 15 is 0 Å². The van der Waals surface area contributed by atoms with Crippen molar-refractivity contribution < 1.29 is 28.5 Å². The molecule has 0 bridgehead atoms. The third-order valence-corrected chi connectivity index (χ3v) is 2.28. The lowest BCUT2D eigenvalue weighted by atomic mass is 10.1. The van der Waals surface area contributed by atoms with E-state index in [0.29, 0.717) is 6.07 Å². The Kier molecular flexibility index (Phi) is 4.25. The first-order chi connectivity index (χ1) is 7.97. The summed E-state index contributed by atoms with van der Waals surface area (Å²) in [6, 6.07) is 0.606. The van der Waals surface area contributed by atoms with Crippen molar-refractivity contribution in [1.82, 2.24) is 0 Å². The first-order valence-corrected chi connectivity index (χ1v) is 4.93. The van der Waals surface area contributed by atoms with Crippen LogP contribution in [0.5, 0.6) is 11.5 Å². The number of aromatic hydroxyl groups is 1. The summed E-state index contributed by atoms with van der Waals surface area (Å²) in [7, 11) is 1.15. The molecular formula is C11H12F2O4. The number of ether oxygens (including phenoxy) is 1. The molecule has 0 spiro atoms. The minimum Gasteiger partial charge on any atom is -0.504 e. The highest BCUT2D eigenvalue weighted by Gasteiger charge is 2.18. The van der Waals surface area contributed by atoms with Gasteiger partial charge in [0.15, 0.2) is 17.3 Å². The van der Waals surface area contributed by atoms with Crippen LogP contribution in [0.4, 0.5) is 8.78 Å². The van der Waals surface area contributed by atoms with E-state index in [2.05, 4.69) is 4.74 Å². The average molecular weight is 246 g/mol. The molecule has 0 aliphatic carbocycles. The summed E-state index contributed by atoms with van der Waals surface area (Å²) in [6.45, 7) is 0. The Morgan fingerprint density at radius 3 is 2.59 bits per heavy atom. The molecule has 94 valence electrons. The SMILES string of the molecule is COc1c(F)cc(F)c(CCCC(=O)O)c1O. The van der Waals surface area contributed by atoms with Crippen LogP contribution in [-0.2, 0) is 11.2 Å². The number of halogens is 2. The molecule has 1 aromatic carbocycles. The van der Waals surface area contributed by atoms with Gasteiger partial charge in [-0.2, -0.15) is 0 Å². The largest absolute Gasteiger partial charge is 0.504 e. The quantitative estimate of drug-likeness (QED) is 0.834. The molecule has 0 heterocycles. The summed E-state index contributed by atoms with van der Waals surface area (Å²) < 4.78 is 31.1. The van der Waals surface area contributed by atoms with Crippen molar-refractivity contribution in [2.45, 2.75) is 19.3 Å². The number of hydrogen-bond acceptors (Lipinski definition) is 3. The molecule has 0 aliphatic rings. The number of methoxy groups -OCH3 is 1. The summed E-state index contributed by atoms with van der Waals surface area (Å²) in [5, 5.41) is 18.0. The predicted molar refractivity (Wildman–Crippen MR) is 55.1 cm³/mol. The number of rotatable bonds is 5. The van der Waals surface area contributed by atoms with Gasteiger partial charge in [-0.05, 0) is 12.8 Å². The summed E-state index contributed by atoms with van der Waals surface area (Å²) in [4.78, 5) is 10.3. The first kappa shape index (κ1) is 13.2. The molecule has 0 aromatic heterocycles. The second kappa shape index (κ2) is 5.47. The topological polar surface area (TPSA) is 66.8 Å². The molecule has 0 fully saturated rings. The van der Waals surface area contributed by atoms with Crippen molar-refractivity contribution in [3.8, 4) is 11.5 Å². The van der Waals surface area contributed by atoms with Crippen molar-refractivity contribution in [3.05, 3.63) is 23.3 Å². The van der Waals surface area contributed by atoms with E-state index in [4.69, 9.17) is 5.11 Å². The highest BCUT2D eigenvalue weighted by molar-refractivity contribution is 5.66. The van der Waals surface area contributed by atoms with Gasteiger partial charge in [-0.1, -0.05) is 0 Å². The predicted octanol–water partition coefficient (Wildman–Crippen LogP) is 2.09. The number of phenols is 1. The summed E-state index contributed by atoms with van der Waals surface area (Å²) >= 11 is 0. The molecule has 0 radical (unpaired) electrons. The van der Waals surface area contributed by atoms with Crippen LogP contribution in [0.15, 0.2) is 6.07 Å². The summed E-state index contributed by atoms with van der Waals surface area (Å²) in [5.74, 6) is -3.97. The van der Waals surface area contributed by atoms with Crippen molar-refractivity contribution in [1.29, 1.82) is 0 Å². The zero-order valence-corrected chi connectivity index (χ0v) is 9.17. The number of aliphatic carboxylic acids is 1. The van der Waals surface area contributed by atoms with E-state index in [1.54, 1.807) is 0 Å². The van der Waals surface area contributed by atoms with E-state index in [-0.39, 0.29) is 24.8 Å². The molecule has 0 unspecified atom stereocenters. The Morgan fingerprint density at radius 2 is 2.06 bits per heavy atom. The van der Waals surface area contributed by atoms with Gasteiger partial charge < -0.3 is 14.9 Å². The number of phenolic OH excluding ortho intramolecular Hbond substituents is 1. The lowest BCUT2D eigenvalue weighted by molar-refractivity contribution is -0.137. The fourth-order valence-electron chi connectivity index (χ4n) is 1.48. The number of hydrogen-bond donors (Lipinski definition) is 2. The average Bonchev–Trinajstić information content (AvgIpc) is 2.22. The van der Waals surface area contributed by atoms with Crippen molar-refractivity contribution in [2.24, 2.45) is 0 Å². The Labute approximate surface area is 96.5 Å². The second-order valence-corrected chi connectivity index (χ2v) is 3.45. The second-order valence-electron chi connectivity index (χ2n) is 3.45. The third-order valence-electron chi connectivity index (χ3n) is 2.28. The molecule has 0 amide bonds. The molecule has 0 saturated heterocycles. The van der Waals surface area contributed by atoms with Gasteiger partial charge in [-0.3, -0.25) is 4.79 Å². The Hall–Kier alpha value is -1.85. The van der Waals surface area contributed by atoms with E-state index in [0.717, 1.165) is 7.11 Å². The number of carbonyl (C=O) groups is 1. The lowest BCUT2D eigenvalue weighted by Gasteiger charge is -2.10. The first-order valence-electron chi connectivity index (χ1n) is 4.93. The van der Waals surface area contributed by atoms with Gasteiger partial charge in [-0.25, -0.2) is 8.78 Å². The van der Waals surface area contributed by atoms with Gasteiger partial charge in [0.25, 0.3) is 0 Å². The van der Waals surface area contributed by atoms with Gasteiger partial charge >= 0.3 is 5.97 Å². The zero-order valence-electron chi connectivity index (χ0n) is 9.17. The highest BCUT2D eigenvalue weighted by atomic mass is 19.1. The van der Waals surface area contributed by atoms with Crippen molar-refractivity contribution in [2.75, 3.05) is 7.11 Å². The van der Waals surface area contributed by atoms with Crippen LogP contribution >= 0.6 is 0 Å². The molecule has 6 heteroatoms.